The van der Waals surface area contributed by atoms with Crippen molar-refractivity contribution >= 4 is 38.6 Å². The Morgan fingerprint density at radius 3 is 2.24 bits per heavy atom. The number of rotatable bonds is 8. The number of anilines is 1. The first kappa shape index (κ1) is 24.0. The lowest BCUT2D eigenvalue weighted by atomic mass is 10.1. The van der Waals surface area contributed by atoms with Crippen LogP contribution in [0.5, 0.6) is 5.75 Å². The van der Waals surface area contributed by atoms with E-state index < -0.39 is 10.0 Å². The van der Waals surface area contributed by atoms with Crippen LogP contribution in [0.4, 0.5) is 5.69 Å². The molecule has 0 aliphatic carbocycles. The molecule has 2 heterocycles. The molecule has 1 aliphatic heterocycles. The van der Waals surface area contributed by atoms with Gasteiger partial charge in [-0.1, -0.05) is 17.7 Å². The highest BCUT2D eigenvalue weighted by molar-refractivity contribution is 7.89. The molecule has 0 amide bonds. The van der Waals surface area contributed by atoms with E-state index in [-0.39, 0.29) is 17.0 Å². The monoisotopic (exact) mass is 505 g/mol. The molecule has 0 bridgehead atoms. The van der Waals surface area contributed by atoms with Gasteiger partial charge in [0.05, 0.1) is 18.0 Å². The van der Waals surface area contributed by atoms with Gasteiger partial charge in [0, 0.05) is 47.8 Å². The van der Waals surface area contributed by atoms with Crippen molar-refractivity contribution in [2.24, 2.45) is 0 Å². The number of nitrogens with zero attached hydrogens (tertiary/aromatic N) is 2. The molecule has 176 valence electrons. The van der Waals surface area contributed by atoms with Crippen LogP contribution in [0.25, 0.3) is 0 Å². The summed E-state index contributed by atoms with van der Waals surface area (Å²) in [5.41, 5.74) is 1.17. The lowest BCUT2D eigenvalue weighted by Gasteiger charge is -2.42. The summed E-state index contributed by atoms with van der Waals surface area (Å²) < 4.78 is 34.2. The maximum absolute atomic E-state index is 13.0. The zero-order valence-corrected chi connectivity index (χ0v) is 21.0. The first-order valence-electron chi connectivity index (χ1n) is 10.8. The molecule has 2 unspecified atom stereocenters. The van der Waals surface area contributed by atoms with Gasteiger partial charge in [0.25, 0.3) is 0 Å². The summed E-state index contributed by atoms with van der Waals surface area (Å²) in [5, 5.41) is 2.55. The van der Waals surface area contributed by atoms with Crippen molar-refractivity contribution in [3.05, 3.63) is 75.9 Å². The average molecular weight is 506 g/mol. The molecule has 1 N–H and O–H groups in total. The first-order valence-corrected chi connectivity index (χ1v) is 13.6. The van der Waals surface area contributed by atoms with E-state index in [0.717, 1.165) is 36.8 Å². The van der Waals surface area contributed by atoms with Crippen LogP contribution in [0.2, 0.25) is 5.02 Å². The van der Waals surface area contributed by atoms with Crippen LogP contribution < -0.4 is 14.4 Å². The first-order chi connectivity index (χ1) is 15.9. The number of thiophene rings is 1. The number of ether oxygens (including phenoxy) is 1. The topological polar surface area (TPSA) is 61.9 Å². The number of benzene rings is 2. The molecule has 2 aromatic carbocycles. The second kappa shape index (κ2) is 10.4. The van der Waals surface area contributed by atoms with Crippen molar-refractivity contribution in [2.45, 2.75) is 23.9 Å². The standard InChI is InChI=1S/C24H28ClN3O3S2/c1-18(26-33(29,30)22-11-5-19(25)6-12-22)24(23-4-3-17-32-23)28-15-13-27(14-16-28)20-7-9-21(31-2)10-8-20/h3-12,17-18,24,26H,13-16H2,1-2H3. The zero-order valence-electron chi connectivity index (χ0n) is 18.6. The molecular formula is C24H28ClN3O3S2. The lowest BCUT2D eigenvalue weighted by molar-refractivity contribution is 0.164. The van der Waals surface area contributed by atoms with Gasteiger partial charge in [-0.15, -0.1) is 11.3 Å². The Hall–Kier alpha value is -2.10. The molecule has 1 fully saturated rings. The van der Waals surface area contributed by atoms with Crippen molar-refractivity contribution in [2.75, 3.05) is 38.2 Å². The van der Waals surface area contributed by atoms with Crippen molar-refractivity contribution < 1.29 is 13.2 Å². The Bertz CT molecular complexity index is 1130. The fourth-order valence-corrected chi connectivity index (χ4v) is 6.58. The molecule has 33 heavy (non-hydrogen) atoms. The van der Waals surface area contributed by atoms with Gasteiger partial charge in [-0.05, 0) is 66.9 Å². The zero-order chi connectivity index (χ0) is 23.4. The summed E-state index contributed by atoms with van der Waals surface area (Å²) >= 11 is 7.58. The van der Waals surface area contributed by atoms with Crippen LogP contribution in [0.3, 0.4) is 0 Å². The molecule has 1 aliphatic rings. The summed E-state index contributed by atoms with van der Waals surface area (Å²) in [5.74, 6) is 0.844. The van der Waals surface area contributed by atoms with Crippen molar-refractivity contribution in [3.8, 4) is 5.75 Å². The SMILES string of the molecule is COc1ccc(N2CCN(C(c3cccs3)C(C)NS(=O)(=O)c3ccc(Cl)cc3)CC2)cc1. The van der Waals surface area contributed by atoms with Gasteiger partial charge in [0.2, 0.25) is 10.0 Å². The van der Waals surface area contributed by atoms with Crippen molar-refractivity contribution in [3.63, 3.8) is 0 Å². The predicted octanol–water partition coefficient (Wildman–Crippen LogP) is 4.64. The van der Waals surface area contributed by atoms with E-state index >= 15 is 0 Å². The van der Waals surface area contributed by atoms with Gasteiger partial charge < -0.3 is 9.64 Å². The third-order valence-corrected chi connectivity index (χ3v) is 8.69. The van der Waals surface area contributed by atoms with Gasteiger partial charge >= 0.3 is 0 Å². The van der Waals surface area contributed by atoms with Crippen LogP contribution in [-0.2, 0) is 10.0 Å². The number of piperazine rings is 1. The number of nitrogens with one attached hydrogen (secondary N) is 1. The molecule has 0 saturated carbocycles. The quantitative estimate of drug-likeness (QED) is 0.483. The highest BCUT2D eigenvalue weighted by Gasteiger charge is 2.32. The molecule has 6 nitrogen and oxygen atoms in total. The van der Waals surface area contributed by atoms with Crippen LogP contribution in [0.1, 0.15) is 17.8 Å². The summed E-state index contributed by atoms with van der Waals surface area (Å²) in [4.78, 5) is 6.09. The van der Waals surface area contributed by atoms with Crippen molar-refractivity contribution in [1.82, 2.24) is 9.62 Å². The number of sulfonamides is 1. The number of hydrogen-bond donors (Lipinski definition) is 1. The third kappa shape index (κ3) is 5.70. The minimum Gasteiger partial charge on any atom is -0.497 e. The van der Waals surface area contributed by atoms with E-state index in [2.05, 4.69) is 32.7 Å². The Morgan fingerprint density at radius 2 is 1.67 bits per heavy atom. The van der Waals surface area contributed by atoms with Gasteiger partial charge in [-0.3, -0.25) is 4.90 Å². The normalized spacial score (nSPS) is 17.0. The molecule has 0 radical (unpaired) electrons. The van der Waals surface area contributed by atoms with E-state index in [1.807, 2.05) is 30.5 Å². The van der Waals surface area contributed by atoms with Gasteiger partial charge in [0.15, 0.2) is 0 Å². The highest BCUT2D eigenvalue weighted by atomic mass is 35.5. The second-order valence-electron chi connectivity index (χ2n) is 8.05. The summed E-state index contributed by atoms with van der Waals surface area (Å²) in [6, 6.07) is 18.1. The number of methoxy groups -OCH3 is 1. The van der Waals surface area contributed by atoms with E-state index in [4.69, 9.17) is 16.3 Å². The van der Waals surface area contributed by atoms with Crippen molar-refractivity contribution in [1.29, 1.82) is 0 Å². The molecule has 1 aromatic heterocycles. The van der Waals surface area contributed by atoms with Crippen LogP contribution in [0.15, 0.2) is 70.9 Å². The van der Waals surface area contributed by atoms with E-state index in [0.29, 0.717) is 5.02 Å². The van der Waals surface area contributed by atoms with Crippen LogP contribution in [0, 0.1) is 0 Å². The van der Waals surface area contributed by atoms with Gasteiger partial charge in [0.1, 0.15) is 5.75 Å². The molecule has 1 saturated heterocycles. The molecule has 3 aromatic rings. The molecular weight excluding hydrogens is 478 g/mol. The number of halogens is 1. The minimum absolute atomic E-state index is 0.0508. The largest absolute Gasteiger partial charge is 0.497 e. The number of hydrogen-bond acceptors (Lipinski definition) is 6. The van der Waals surface area contributed by atoms with Gasteiger partial charge in [-0.2, -0.15) is 0 Å². The minimum atomic E-state index is -3.66. The van der Waals surface area contributed by atoms with E-state index in [1.54, 1.807) is 30.6 Å². The Balaban J connectivity index is 1.48. The Kier molecular flexibility index (Phi) is 7.61. The molecule has 0 spiro atoms. The maximum atomic E-state index is 13.0. The fourth-order valence-electron chi connectivity index (χ4n) is 4.24. The Morgan fingerprint density at radius 1 is 1.00 bits per heavy atom. The fraction of sp³-hybridized carbons (Fsp3) is 0.333. The summed E-state index contributed by atoms with van der Waals surface area (Å²) in [6.07, 6.45) is 0. The smallest absolute Gasteiger partial charge is 0.240 e. The summed E-state index contributed by atoms with van der Waals surface area (Å²) in [6.45, 7) is 5.34. The maximum Gasteiger partial charge on any atom is 0.240 e. The molecule has 2 atom stereocenters. The lowest BCUT2D eigenvalue weighted by Crippen LogP contribution is -2.52. The molecule has 9 heteroatoms. The van der Waals surface area contributed by atoms with Crippen LogP contribution >= 0.6 is 22.9 Å². The van der Waals surface area contributed by atoms with Gasteiger partial charge in [-0.25, -0.2) is 13.1 Å². The Labute approximate surface area is 204 Å². The average Bonchev–Trinajstić information content (AvgIpc) is 3.34. The second-order valence-corrected chi connectivity index (χ2v) is 11.2. The summed E-state index contributed by atoms with van der Waals surface area (Å²) in [7, 11) is -2.00. The third-order valence-electron chi connectivity index (χ3n) is 5.92. The van der Waals surface area contributed by atoms with E-state index in [9.17, 15) is 8.42 Å². The predicted molar refractivity (Wildman–Crippen MR) is 135 cm³/mol. The van der Waals surface area contributed by atoms with E-state index in [1.165, 1.54) is 17.8 Å². The highest BCUT2D eigenvalue weighted by Crippen LogP contribution is 2.31. The van der Waals surface area contributed by atoms with Crippen LogP contribution in [-0.4, -0.2) is 52.6 Å². The molecule has 4 rings (SSSR count).